The first kappa shape index (κ1) is 21.3. The van der Waals surface area contributed by atoms with Gasteiger partial charge in [0.05, 0.1) is 17.6 Å². The maximum Gasteiger partial charge on any atom is 0.323 e. The third-order valence-corrected chi connectivity index (χ3v) is 5.71. The summed E-state index contributed by atoms with van der Waals surface area (Å²) in [5.74, 6) is 1.35. The van der Waals surface area contributed by atoms with Crippen LogP contribution >= 0.6 is 27.5 Å². The third kappa shape index (κ3) is 5.24. The Kier molecular flexibility index (Phi) is 6.53. The fourth-order valence-corrected chi connectivity index (χ4v) is 3.76. The van der Waals surface area contributed by atoms with E-state index in [1.54, 1.807) is 0 Å². The van der Waals surface area contributed by atoms with Gasteiger partial charge in [0.2, 0.25) is 0 Å². The highest BCUT2D eigenvalue weighted by Gasteiger charge is 2.12. The van der Waals surface area contributed by atoms with Gasteiger partial charge in [-0.1, -0.05) is 39.7 Å². The van der Waals surface area contributed by atoms with Crippen LogP contribution in [-0.2, 0) is 13.2 Å². The molecule has 1 aromatic heterocycles. The van der Waals surface area contributed by atoms with Crippen molar-refractivity contribution in [2.24, 2.45) is 0 Å². The second kappa shape index (κ2) is 9.49. The van der Waals surface area contributed by atoms with Gasteiger partial charge in [-0.15, -0.1) is 0 Å². The van der Waals surface area contributed by atoms with Crippen LogP contribution in [0.1, 0.15) is 18.1 Å². The molecule has 3 aromatic carbocycles. The van der Waals surface area contributed by atoms with E-state index in [0.29, 0.717) is 36.3 Å². The number of H-pyrrole nitrogens is 2. The molecule has 0 saturated heterocycles. The van der Waals surface area contributed by atoms with Gasteiger partial charge in [-0.25, -0.2) is 4.79 Å². The van der Waals surface area contributed by atoms with Crippen molar-refractivity contribution in [3.8, 4) is 11.5 Å². The number of hydrogen-bond acceptors (Lipinski definition) is 4. The summed E-state index contributed by atoms with van der Waals surface area (Å²) in [5.41, 5.74) is 4.26. The maximum absolute atomic E-state index is 11.4. The topological polar surface area (TPSA) is 79.1 Å². The Hall–Kier alpha value is -2.90. The molecule has 6 nitrogen and oxygen atoms in total. The van der Waals surface area contributed by atoms with Crippen LogP contribution in [0, 0.1) is 0 Å². The average molecular weight is 503 g/mol. The molecule has 1 heterocycles. The molecular weight excluding hydrogens is 482 g/mol. The summed E-state index contributed by atoms with van der Waals surface area (Å²) in [6.45, 7) is 3.45. The van der Waals surface area contributed by atoms with Crippen LogP contribution in [0.5, 0.6) is 11.5 Å². The number of nitrogens with one attached hydrogen (secondary N) is 3. The van der Waals surface area contributed by atoms with Crippen LogP contribution in [0.2, 0.25) is 5.02 Å². The zero-order valence-electron chi connectivity index (χ0n) is 16.8. The Labute approximate surface area is 192 Å². The van der Waals surface area contributed by atoms with Gasteiger partial charge in [-0.05, 0) is 60.5 Å². The first-order chi connectivity index (χ1) is 15.0. The summed E-state index contributed by atoms with van der Waals surface area (Å²) < 4.78 is 12.7. The Morgan fingerprint density at radius 2 is 1.71 bits per heavy atom. The van der Waals surface area contributed by atoms with Crippen molar-refractivity contribution in [3.63, 3.8) is 0 Å². The molecule has 3 N–H and O–H groups in total. The van der Waals surface area contributed by atoms with Gasteiger partial charge in [0.15, 0.2) is 11.5 Å². The number of hydrogen-bond donors (Lipinski definition) is 3. The fourth-order valence-electron chi connectivity index (χ4n) is 3.18. The lowest BCUT2D eigenvalue weighted by Gasteiger charge is -2.16. The number of aromatic amines is 2. The minimum Gasteiger partial charge on any atom is -0.490 e. The van der Waals surface area contributed by atoms with E-state index in [4.69, 9.17) is 21.1 Å². The molecule has 0 spiro atoms. The van der Waals surface area contributed by atoms with E-state index < -0.39 is 0 Å². The van der Waals surface area contributed by atoms with Crippen molar-refractivity contribution < 1.29 is 9.47 Å². The first-order valence-corrected chi connectivity index (χ1v) is 11.0. The Bertz CT molecular complexity index is 1250. The van der Waals surface area contributed by atoms with Crippen molar-refractivity contribution in [3.05, 3.63) is 85.7 Å². The number of imidazole rings is 1. The SMILES string of the molecule is CCOc1cc(CNc2ccc3[nH]c(=O)[nH]c3c2)c(Br)cc1OCc1ccc(Cl)cc1. The molecule has 0 amide bonds. The Morgan fingerprint density at radius 1 is 0.968 bits per heavy atom. The van der Waals surface area contributed by atoms with Crippen LogP contribution < -0.4 is 20.5 Å². The molecule has 31 heavy (non-hydrogen) atoms. The average Bonchev–Trinajstić information content (AvgIpc) is 3.13. The predicted molar refractivity (Wildman–Crippen MR) is 127 cm³/mol. The molecule has 0 atom stereocenters. The van der Waals surface area contributed by atoms with E-state index in [-0.39, 0.29) is 5.69 Å². The van der Waals surface area contributed by atoms with E-state index in [1.165, 1.54) is 0 Å². The minimum absolute atomic E-state index is 0.217. The third-order valence-electron chi connectivity index (χ3n) is 4.72. The van der Waals surface area contributed by atoms with E-state index in [0.717, 1.165) is 32.3 Å². The summed E-state index contributed by atoms with van der Waals surface area (Å²) in [6.07, 6.45) is 0. The summed E-state index contributed by atoms with van der Waals surface area (Å²) in [6, 6.07) is 17.1. The van der Waals surface area contributed by atoms with Crippen LogP contribution in [-0.4, -0.2) is 16.6 Å². The molecular formula is C23H21BrClN3O3. The first-order valence-electron chi connectivity index (χ1n) is 9.80. The van der Waals surface area contributed by atoms with Crippen molar-refractivity contribution in [2.45, 2.75) is 20.1 Å². The summed E-state index contributed by atoms with van der Waals surface area (Å²) >= 11 is 9.59. The normalized spacial score (nSPS) is 10.9. The van der Waals surface area contributed by atoms with E-state index in [2.05, 4.69) is 31.2 Å². The smallest absolute Gasteiger partial charge is 0.323 e. The highest BCUT2D eigenvalue weighted by atomic mass is 79.9. The lowest BCUT2D eigenvalue weighted by molar-refractivity contribution is 0.269. The highest BCUT2D eigenvalue weighted by Crippen LogP contribution is 2.35. The van der Waals surface area contributed by atoms with Gasteiger partial charge in [0, 0.05) is 21.7 Å². The Balaban J connectivity index is 1.49. The van der Waals surface area contributed by atoms with Crippen LogP contribution in [0.3, 0.4) is 0 Å². The number of rotatable bonds is 8. The van der Waals surface area contributed by atoms with E-state index in [9.17, 15) is 4.79 Å². The quantitative estimate of drug-likeness (QED) is 0.282. The Morgan fingerprint density at radius 3 is 2.48 bits per heavy atom. The predicted octanol–water partition coefficient (Wildman–Crippen LogP) is 5.86. The molecule has 0 radical (unpaired) electrons. The van der Waals surface area contributed by atoms with Crippen LogP contribution in [0.4, 0.5) is 5.69 Å². The number of anilines is 1. The number of benzene rings is 3. The van der Waals surface area contributed by atoms with Crippen molar-refractivity contribution >= 4 is 44.3 Å². The second-order valence-corrected chi connectivity index (χ2v) is 8.22. The lowest BCUT2D eigenvalue weighted by atomic mass is 10.2. The van der Waals surface area contributed by atoms with Gasteiger partial charge in [0.25, 0.3) is 0 Å². The molecule has 0 unspecified atom stereocenters. The number of halogens is 2. The van der Waals surface area contributed by atoms with Crippen LogP contribution in [0.15, 0.2) is 63.9 Å². The number of fused-ring (bicyclic) bond motifs is 1. The van der Waals surface area contributed by atoms with Gasteiger partial charge in [-0.3, -0.25) is 0 Å². The van der Waals surface area contributed by atoms with E-state index >= 15 is 0 Å². The molecule has 0 aliphatic rings. The van der Waals surface area contributed by atoms with Crippen molar-refractivity contribution in [1.82, 2.24) is 9.97 Å². The van der Waals surface area contributed by atoms with Crippen LogP contribution in [0.25, 0.3) is 11.0 Å². The lowest BCUT2D eigenvalue weighted by Crippen LogP contribution is -2.04. The molecule has 0 fully saturated rings. The molecule has 0 saturated carbocycles. The summed E-state index contributed by atoms with van der Waals surface area (Å²) in [7, 11) is 0. The fraction of sp³-hybridized carbons (Fsp3) is 0.174. The molecule has 8 heteroatoms. The molecule has 0 aliphatic carbocycles. The summed E-state index contributed by atoms with van der Waals surface area (Å²) in [5, 5.41) is 4.08. The zero-order chi connectivity index (χ0) is 21.8. The standard InChI is InChI=1S/C23H21BrClN3O3/c1-2-30-21-9-15(12-26-17-7-8-19-20(10-17)28-23(29)27-19)18(24)11-22(21)31-13-14-3-5-16(25)6-4-14/h3-11,26H,2,12-13H2,1H3,(H2,27,28,29). The van der Waals surface area contributed by atoms with Gasteiger partial charge in [0.1, 0.15) is 6.61 Å². The second-order valence-electron chi connectivity index (χ2n) is 6.93. The molecule has 0 bridgehead atoms. The van der Waals surface area contributed by atoms with Gasteiger partial charge >= 0.3 is 5.69 Å². The largest absolute Gasteiger partial charge is 0.490 e. The summed E-state index contributed by atoms with van der Waals surface area (Å²) in [4.78, 5) is 17.0. The minimum atomic E-state index is -0.217. The molecule has 4 aromatic rings. The zero-order valence-corrected chi connectivity index (χ0v) is 19.1. The number of aromatic nitrogens is 2. The number of ether oxygens (including phenoxy) is 2. The van der Waals surface area contributed by atoms with Crippen molar-refractivity contribution in [2.75, 3.05) is 11.9 Å². The van der Waals surface area contributed by atoms with Gasteiger partial charge in [-0.2, -0.15) is 0 Å². The highest BCUT2D eigenvalue weighted by molar-refractivity contribution is 9.10. The van der Waals surface area contributed by atoms with Crippen molar-refractivity contribution in [1.29, 1.82) is 0 Å². The molecule has 4 rings (SSSR count). The molecule has 160 valence electrons. The maximum atomic E-state index is 11.4. The van der Waals surface area contributed by atoms with E-state index in [1.807, 2.05) is 61.5 Å². The monoisotopic (exact) mass is 501 g/mol. The van der Waals surface area contributed by atoms with Gasteiger partial charge < -0.3 is 24.8 Å². The molecule has 0 aliphatic heterocycles.